The molecule has 6 heavy (non-hydrogen) atoms. The van der Waals surface area contributed by atoms with Gasteiger partial charge in [0.2, 0.25) is 0 Å². The van der Waals surface area contributed by atoms with E-state index in [9.17, 15) is 0 Å². The van der Waals surface area contributed by atoms with Gasteiger partial charge >= 0.3 is 0 Å². The molecule has 0 bridgehead atoms. The second-order valence-corrected chi connectivity index (χ2v) is 1.38. The zero-order valence-corrected chi connectivity index (χ0v) is 4.71. The maximum Gasteiger partial charge on any atom is -0.0643 e. The zero-order valence-electron chi connectivity index (χ0n) is 4.71. The Bertz CT molecular complexity index is 51.1. The molecule has 0 unspecified atom stereocenters. The van der Waals surface area contributed by atoms with E-state index in [0.717, 1.165) is 6.42 Å². The maximum atomic E-state index is 3.03. The highest BCUT2D eigenvalue weighted by Crippen LogP contribution is 1.93. The van der Waals surface area contributed by atoms with Crippen molar-refractivity contribution in [2.75, 3.05) is 0 Å². The third kappa shape index (κ3) is 2.01. The Morgan fingerprint density at radius 1 is 1.67 bits per heavy atom. The molecule has 0 aliphatic heterocycles. The molecule has 0 saturated heterocycles. The van der Waals surface area contributed by atoms with Gasteiger partial charge in [-0.15, -0.1) is 0 Å². The molecule has 0 spiro atoms. The largest absolute Gasteiger partial charge is 0.501 e. The van der Waals surface area contributed by atoms with Crippen molar-refractivity contribution in [3.63, 3.8) is 0 Å². The van der Waals surface area contributed by atoms with E-state index in [2.05, 4.69) is 19.9 Å². The summed E-state index contributed by atoms with van der Waals surface area (Å²) in [7, 11) is 0. The molecule has 0 heteroatoms. The first-order valence-electron chi connectivity index (χ1n) is 2.31. The van der Waals surface area contributed by atoms with Crippen LogP contribution in [0.3, 0.4) is 0 Å². The predicted octanol–water partition coefficient (Wildman–Crippen LogP) is 2.17. The molecule has 0 aromatic rings. The molecule has 0 atom stereocenters. The molecule has 0 saturated carbocycles. The molecule has 0 heterocycles. The number of rotatable bonds is 1. The normalized spacial score (nSPS) is 12.2. The van der Waals surface area contributed by atoms with Gasteiger partial charge in [-0.05, 0) is 0 Å². The summed E-state index contributed by atoms with van der Waals surface area (Å²) in [6.45, 7) is 6.16. The van der Waals surface area contributed by atoms with Crippen molar-refractivity contribution in [1.29, 1.82) is 0 Å². The van der Waals surface area contributed by atoms with Crippen molar-refractivity contribution in [3.8, 4) is 0 Å². The Hall–Kier alpha value is -0.260. The lowest BCUT2D eigenvalue weighted by molar-refractivity contribution is 1.08. The minimum Gasteiger partial charge on any atom is -0.501 e. The van der Waals surface area contributed by atoms with Gasteiger partial charge in [-0.25, -0.2) is 0 Å². The van der Waals surface area contributed by atoms with Crippen LogP contribution in [0.4, 0.5) is 0 Å². The Morgan fingerprint density at radius 2 is 2.17 bits per heavy atom. The summed E-state index contributed by atoms with van der Waals surface area (Å²) in [5, 5.41) is 0. The molecule has 0 amide bonds. The average molecular weight is 83.2 g/mol. The van der Waals surface area contributed by atoms with Gasteiger partial charge in [0.15, 0.2) is 0 Å². The van der Waals surface area contributed by atoms with Crippen LogP contribution < -0.4 is 0 Å². The van der Waals surface area contributed by atoms with Gasteiger partial charge in [-0.3, -0.25) is 5.57 Å². The maximum absolute atomic E-state index is 3.03. The van der Waals surface area contributed by atoms with Gasteiger partial charge in [-0.2, -0.15) is 6.92 Å². The van der Waals surface area contributed by atoms with Crippen LogP contribution in [0.2, 0.25) is 0 Å². The first-order chi connectivity index (χ1) is 2.81. The molecule has 0 N–H and O–H groups in total. The van der Waals surface area contributed by atoms with Gasteiger partial charge in [-0.1, -0.05) is 20.3 Å². The zero-order chi connectivity index (χ0) is 4.99. The standard InChI is InChI=1S/C6H11/c1-4-6(3)5-2/h4H2,1-3H3/q-1. The predicted molar refractivity (Wildman–Crippen MR) is 28.4 cm³/mol. The molecule has 0 fully saturated rings. The summed E-state index contributed by atoms with van der Waals surface area (Å²) in [6, 6.07) is 0. The molecule has 0 radical (unpaired) electrons. The van der Waals surface area contributed by atoms with Crippen molar-refractivity contribution < 1.29 is 0 Å². The van der Waals surface area contributed by atoms with Crippen LogP contribution in [-0.2, 0) is 0 Å². The van der Waals surface area contributed by atoms with Crippen LogP contribution in [0.15, 0.2) is 5.57 Å². The van der Waals surface area contributed by atoms with Gasteiger partial charge in [0.05, 0.1) is 0 Å². The molecule has 0 rings (SSSR count). The lowest BCUT2D eigenvalue weighted by Crippen LogP contribution is -1.64. The first-order valence-corrected chi connectivity index (χ1v) is 2.31. The average Bonchev–Trinajstić information content (AvgIpc) is 1.65. The Labute approximate surface area is 39.9 Å². The molecule has 36 valence electrons. The van der Waals surface area contributed by atoms with E-state index in [-0.39, 0.29) is 0 Å². The summed E-state index contributed by atoms with van der Waals surface area (Å²) in [4.78, 5) is 0. The van der Waals surface area contributed by atoms with E-state index in [0.29, 0.717) is 0 Å². The van der Waals surface area contributed by atoms with Crippen LogP contribution in [0.25, 0.3) is 0 Å². The van der Waals surface area contributed by atoms with Gasteiger partial charge in [0.1, 0.15) is 0 Å². The van der Waals surface area contributed by atoms with E-state index in [1.165, 1.54) is 5.57 Å². The number of hydrogen-bond acceptors (Lipinski definition) is 0. The fourth-order valence-electron chi connectivity index (χ4n) is 0.177. The molecular weight excluding hydrogens is 72.1 g/mol. The van der Waals surface area contributed by atoms with Crippen molar-refractivity contribution in [1.82, 2.24) is 0 Å². The highest BCUT2D eigenvalue weighted by molar-refractivity contribution is 4.87. The van der Waals surface area contributed by atoms with Crippen molar-refractivity contribution in [2.24, 2.45) is 0 Å². The number of allylic oxidation sites excluding steroid dienone is 2. The van der Waals surface area contributed by atoms with Gasteiger partial charge in [0.25, 0.3) is 0 Å². The second-order valence-electron chi connectivity index (χ2n) is 1.38. The Kier molecular flexibility index (Phi) is 2.82. The molecule has 0 aliphatic rings. The van der Waals surface area contributed by atoms with Crippen molar-refractivity contribution >= 4 is 0 Å². The summed E-state index contributed by atoms with van der Waals surface area (Å²) in [5.74, 6) is 0. The van der Waals surface area contributed by atoms with Crippen LogP contribution in [-0.4, -0.2) is 0 Å². The van der Waals surface area contributed by atoms with E-state index >= 15 is 0 Å². The van der Waals surface area contributed by atoms with Crippen LogP contribution >= 0.6 is 0 Å². The minimum absolute atomic E-state index is 1.14. The Balaban J connectivity index is 3.22. The molecular formula is C6H11-. The van der Waals surface area contributed by atoms with E-state index in [1.54, 1.807) is 0 Å². The number of hydrogen-bond donors (Lipinski definition) is 0. The molecule has 0 aromatic carbocycles. The monoisotopic (exact) mass is 83.1 g/mol. The lowest BCUT2D eigenvalue weighted by Gasteiger charge is -2.00. The van der Waals surface area contributed by atoms with Crippen molar-refractivity contribution in [2.45, 2.75) is 27.2 Å². The van der Waals surface area contributed by atoms with Crippen LogP contribution in [0, 0.1) is 6.08 Å². The third-order valence-electron chi connectivity index (χ3n) is 0.957. The highest BCUT2D eigenvalue weighted by Gasteiger charge is 1.60. The first kappa shape index (κ1) is 5.74. The molecule has 0 aliphatic carbocycles. The van der Waals surface area contributed by atoms with Crippen LogP contribution in [0.1, 0.15) is 27.2 Å². The van der Waals surface area contributed by atoms with E-state index in [4.69, 9.17) is 0 Å². The van der Waals surface area contributed by atoms with Crippen LogP contribution in [0.5, 0.6) is 0 Å². The minimum atomic E-state index is 1.14. The third-order valence-corrected chi connectivity index (χ3v) is 0.957. The van der Waals surface area contributed by atoms with E-state index < -0.39 is 0 Å². The summed E-state index contributed by atoms with van der Waals surface area (Å²) < 4.78 is 0. The fraction of sp³-hybridized carbons (Fsp3) is 0.667. The van der Waals surface area contributed by atoms with Gasteiger partial charge < -0.3 is 6.08 Å². The smallest absolute Gasteiger partial charge is 0.0643 e. The SMILES string of the molecule is C[C-]=C(C)CC. The topological polar surface area (TPSA) is 0 Å². The highest BCUT2D eigenvalue weighted by atomic mass is 13.8. The fourth-order valence-corrected chi connectivity index (χ4v) is 0.177. The molecule has 0 aromatic heterocycles. The lowest BCUT2D eigenvalue weighted by atomic mass is 10.2. The van der Waals surface area contributed by atoms with Crippen molar-refractivity contribution in [3.05, 3.63) is 11.6 Å². The van der Waals surface area contributed by atoms with Gasteiger partial charge in [0, 0.05) is 0 Å². The molecule has 0 nitrogen and oxygen atoms in total. The summed E-state index contributed by atoms with van der Waals surface area (Å²) in [6.07, 6.45) is 4.17. The second kappa shape index (κ2) is 2.95. The quantitative estimate of drug-likeness (QED) is 0.426. The summed E-state index contributed by atoms with van der Waals surface area (Å²) >= 11 is 0. The van der Waals surface area contributed by atoms with E-state index in [1.807, 2.05) is 6.92 Å². The Morgan fingerprint density at radius 3 is 2.17 bits per heavy atom. The summed E-state index contributed by atoms with van der Waals surface area (Å²) in [5.41, 5.74) is 1.34.